The summed E-state index contributed by atoms with van der Waals surface area (Å²) in [6, 6.07) is 5.68. The predicted molar refractivity (Wildman–Crippen MR) is 93.3 cm³/mol. The Hall–Kier alpha value is -1.46. The fraction of sp³-hybridized carbons (Fsp3) is 0.632. The number of ether oxygens (including phenoxy) is 1. The van der Waals surface area contributed by atoms with Crippen LogP contribution in [0.5, 0.6) is 0 Å². The first-order valence-electron chi connectivity index (χ1n) is 8.89. The molecule has 1 aliphatic rings. The molecular weight excluding hydrogens is 307 g/mol. The van der Waals surface area contributed by atoms with Crippen molar-refractivity contribution in [2.75, 3.05) is 27.2 Å². The lowest BCUT2D eigenvalue weighted by atomic mass is 9.98. The summed E-state index contributed by atoms with van der Waals surface area (Å²) in [5.41, 5.74) is 0.789. The van der Waals surface area contributed by atoms with Gasteiger partial charge in [-0.25, -0.2) is 4.39 Å². The Labute approximate surface area is 144 Å². The molecule has 0 spiro atoms. The van der Waals surface area contributed by atoms with Gasteiger partial charge in [0.1, 0.15) is 11.9 Å². The number of hydrogen-bond donors (Lipinski definition) is 1. The van der Waals surface area contributed by atoms with Gasteiger partial charge in [-0.3, -0.25) is 9.69 Å². The molecule has 0 radical (unpaired) electrons. The molecule has 24 heavy (non-hydrogen) atoms. The highest BCUT2D eigenvalue weighted by Gasteiger charge is 2.22. The number of halogens is 1. The van der Waals surface area contributed by atoms with Crippen molar-refractivity contribution < 1.29 is 13.9 Å². The van der Waals surface area contributed by atoms with E-state index in [9.17, 15) is 9.18 Å². The molecule has 1 aromatic rings. The van der Waals surface area contributed by atoms with Crippen LogP contribution in [0.25, 0.3) is 0 Å². The van der Waals surface area contributed by atoms with E-state index in [1.54, 1.807) is 12.1 Å². The van der Waals surface area contributed by atoms with Gasteiger partial charge < -0.3 is 10.1 Å². The van der Waals surface area contributed by atoms with E-state index >= 15 is 0 Å². The Kier molecular flexibility index (Phi) is 7.66. The van der Waals surface area contributed by atoms with Crippen molar-refractivity contribution in [3.05, 3.63) is 35.6 Å². The van der Waals surface area contributed by atoms with Gasteiger partial charge in [0, 0.05) is 13.2 Å². The lowest BCUT2D eigenvalue weighted by Gasteiger charge is -2.24. The lowest BCUT2D eigenvalue weighted by Crippen LogP contribution is -2.37. The third-order valence-electron chi connectivity index (χ3n) is 4.48. The number of nitrogens with one attached hydrogen (secondary N) is 1. The van der Waals surface area contributed by atoms with Crippen LogP contribution in [0, 0.1) is 5.82 Å². The second-order valence-corrected chi connectivity index (χ2v) is 6.69. The van der Waals surface area contributed by atoms with Gasteiger partial charge in [-0.2, -0.15) is 0 Å². The molecule has 2 rings (SSSR count). The molecule has 0 saturated heterocycles. The number of hydrogen-bond acceptors (Lipinski definition) is 3. The Balaban J connectivity index is 1.73. The molecule has 5 heteroatoms. The molecular formula is C19H29FN2O2. The first-order chi connectivity index (χ1) is 11.6. The Morgan fingerprint density at radius 1 is 1.25 bits per heavy atom. The Morgan fingerprint density at radius 2 is 1.92 bits per heavy atom. The standard InChI is InChI=1S/C19H29FN2O2/c1-22(2)18(15-9-11-16(20)12-10-15)19(23)21-13-6-14-24-17-7-4-3-5-8-17/h9-12,17-18H,3-8,13-14H2,1-2H3,(H,21,23). The van der Waals surface area contributed by atoms with Crippen molar-refractivity contribution in [3.63, 3.8) is 0 Å². The van der Waals surface area contributed by atoms with Crippen molar-refractivity contribution in [2.45, 2.75) is 50.7 Å². The highest BCUT2D eigenvalue weighted by Crippen LogP contribution is 2.20. The van der Waals surface area contributed by atoms with Gasteiger partial charge in [0.15, 0.2) is 0 Å². The topological polar surface area (TPSA) is 41.6 Å². The maximum atomic E-state index is 13.1. The predicted octanol–water partition coefficient (Wildman–Crippen LogP) is 3.28. The Bertz CT molecular complexity index is 499. The summed E-state index contributed by atoms with van der Waals surface area (Å²) in [6.07, 6.45) is 7.41. The van der Waals surface area contributed by atoms with Gasteiger partial charge in [0.2, 0.25) is 5.91 Å². The van der Waals surface area contributed by atoms with Gasteiger partial charge in [-0.1, -0.05) is 31.4 Å². The number of rotatable bonds is 8. The van der Waals surface area contributed by atoms with Crippen LogP contribution in [-0.4, -0.2) is 44.2 Å². The first kappa shape index (κ1) is 18.9. The van der Waals surface area contributed by atoms with E-state index in [4.69, 9.17) is 4.74 Å². The molecule has 0 heterocycles. The fourth-order valence-electron chi connectivity index (χ4n) is 3.19. The molecule has 0 aliphatic heterocycles. The number of amides is 1. The van der Waals surface area contributed by atoms with Gasteiger partial charge >= 0.3 is 0 Å². The minimum Gasteiger partial charge on any atom is -0.378 e. The van der Waals surface area contributed by atoms with Gasteiger partial charge in [0.25, 0.3) is 0 Å². The van der Waals surface area contributed by atoms with Crippen LogP contribution in [0.4, 0.5) is 4.39 Å². The zero-order chi connectivity index (χ0) is 17.4. The molecule has 134 valence electrons. The molecule has 1 fully saturated rings. The van der Waals surface area contributed by atoms with Crippen molar-refractivity contribution >= 4 is 5.91 Å². The van der Waals surface area contributed by atoms with E-state index in [1.807, 2.05) is 19.0 Å². The fourth-order valence-corrected chi connectivity index (χ4v) is 3.19. The van der Waals surface area contributed by atoms with Crippen LogP contribution in [0.1, 0.15) is 50.1 Å². The summed E-state index contributed by atoms with van der Waals surface area (Å²) in [5.74, 6) is -0.360. The maximum Gasteiger partial charge on any atom is 0.241 e. The van der Waals surface area contributed by atoms with Crippen LogP contribution >= 0.6 is 0 Å². The number of carbonyl (C=O) groups is 1. The van der Waals surface area contributed by atoms with Gasteiger partial charge in [-0.15, -0.1) is 0 Å². The van der Waals surface area contributed by atoms with E-state index < -0.39 is 6.04 Å². The van der Waals surface area contributed by atoms with E-state index in [2.05, 4.69) is 5.32 Å². The minimum absolute atomic E-state index is 0.0655. The van der Waals surface area contributed by atoms with Crippen LogP contribution in [0.2, 0.25) is 0 Å². The molecule has 0 aromatic heterocycles. The monoisotopic (exact) mass is 336 g/mol. The van der Waals surface area contributed by atoms with Crippen molar-refractivity contribution in [1.29, 1.82) is 0 Å². The highest BCUT2D eigenvalue weighted by atomic mass is 19.1. The van der Waals surface area contributed by atoms with Crippen molar-refractivity contribution in [1.82, 2.24) is 10.2 Å². The second kappa shape index (κ2) is 9.74. The molecule has 1 atom stereocenters. The van der Waals surface area contributed by atoms with E-state index in [-0.39, 0.29) is 11.7 Å². The minimum atomic E-state index is -0.412. The zero-order valence-electron chi connectivity index (χ0n) is 14.8. The number of benzene rings is 1. The van der Waals surface area contributed by atoms with Crippen LogP contribution in [0.15, 0.2) is 24.3 Å². The van der Waals surface area contributed by atoms with Crippen molar-refractivity contribution in [2.24, 2.45) is 0 Å². The average molecular weight is 336 g/mol. The molecule has 1 saturated carbocycles. The molecule has 1 unspecified atom stereocenters. The zero-order valence-corrected chi connectivity index (χ0v) is 14.8. The molecule has 1 N–H and O–H groups in total. The summed E-state index contributed by atoms with van der Waals surface area (Å²) >= 11 is 0. The molecule has 1 amide bonds. The van der Waals surface area contributed by atoms with Gasteiger partial charge in [0.05, 0.1) is 6.10 Å². The summed E-state index contributed by atoms with van der Waals surface area (Å²) in [7, 11) is 3.69. The number of nitrogens with zero attached hydrogens (tertiary/aromatic N) is 1. The van der Waals surface area contributed by atoms with Crippen LogP contribution in [0.3, 0.4) is 0 Å². The molecule has 4 nitrogen and oxygen atoms in total. The third-order valence-corrected chi connectivity index (χ3v) is 4.48. The number of carbonyl (C=O) groups excluding carboxylic acids is 1. The van der Waals surface area contributed by atoms with E-state index in [0.717, 1.165) is 12.0 Å². The smallest absolute Gasteiger partial charge is 0.241 e. The molecule has 0 bridgehead atoms. The number of likely N-dealkylation sites (N-methyl/N-ethyl adjacent to an activating group) is 1. The average Bonchev–Trinajstić information content (AvgIpc) is 2.57. The van der Waals surface area contributed by atoms with E-state index in [0.29, 0.717) is 19.3 Å². The third kappa shape index (κ3) is 5.87. The van der Waals surface area contributed by atoms with Crippen molar-refractivity contribution in [3.8, 4) is 0 Å². The quantitative estimate of drug-likeness (QED) is 0.741. The largest absolute Gasteiger partial charge is 0.378 e. The Morgan fingerprint density at radius 3 is 2.54 bits per heavy atom. The SMILES string of the molecule is CN(C)C(C(=O)NCCCOC1CCCCC1)c1ccc(F)cc1. The maximum absolute atomic E-state index is 13.1. The second-order valence-electron chi connectivity index (χ2n) is 6.69. The normalized spacial score (nSPS) is 17.0. The summed E-state index contributed by atoms with van der Waals surface area (Å²) in [4.78, 5) is 14.3. The highest BCUT2D eigenvalue weighted by molar-refractivity contribution is 5.83. The summed E-state index contributed by atoms with van der Waals surface area (Å²) in [6.45, 7) is 1.28. The molecule has 1 aromatic carbocycles. The lowest BCUT2D eigenvalue weighted by molar-refractivity contribution is -0.125. The molecule has 1 aliphatic carbocycles. The van der Waals surface area contributed by atoms with E-state index in [1.165, 1.54) is 44.2 Å². The van der Waals surface area contributed by atoms with Gasteiger partial charge in [-0.05, 0) is 51.1 Å². The first-order valence-corrected chi connectivity index (χ1v) is 8.89. The summed E-state index contributed by atoms with van der Waals surface area (Å²) in [5, 5.41) is 2.96. The van der Waals surface area contributed by atoms with Crippen LogP contribution in [-0.2, 0) is 9.53 Å². The summed E-state index contributed by atoms with van der Waals surface area (Å²) < 4.78 is 18.9. The van der Waals surface area contributed by atoms with Crippen LogP contribution < -0.4 is 5.32 Å².